The highest BCUT2D eigenvalue weighted by Crippen LogP contribution is 2.18. The topological polar surface area (TPSA) is 108 Å². The number of aromatic nitrogens is 4. The summed E-state index contributed by atoms with van der Waals surface area (Å²) < 4.78 is 14.1. The van der Waals surface area contributed by atoms with Gasteiger partial charge in [0.15, 0.2) is 17.8 Å². The minimum atomic E-state index is -0.544. The average Bonchev–Trinajstić information content (AvgIpc) is 3.15. The number of hydrogen-bond acceptors (Lipinski definition) is 6. The minimum absolute atomic E-state index is 0.123. The third-order valence-corrected chi connectivity index (χ3v) is 5.08. The van der Waals surface area contributed by atoms with Crippen molar-refractivity contribution < 1.29 is 14.3 Å². The van der Waals surface area contributed by atoms with E-state index in [1.54, 1.807) is 4.57 Å². The number of benzene rings is 1. The molecule has 166 valence electrons. The minimum Gasteiger partial charge on any atom is -0.482 e. The van der Waals surface area contributed by atoms with Gasteiger partial charge in [-0.1, -0.05) is 38.5 Å². The van der Waals surface area contributed by atoms with Gasteiger partial charge in [-0.05, 0) is 31.4 Å². The summed E-state index contributed by atoms with van der Waals surface area (Å²) in [4.78, 5) is 43.7. The van der Waals surface area contributed by atoms with Crippen LogP contribution >= 0.6 is 0 Å². The van der Waals surface area contributed by atoms with Crippen LogP contribution in [0.2, 0.25) is 0 Å². The maximum absolute atomic E-state index is 12.4. The Labute approximate surface area is 179 Å². The van der Waals surface area contributed by atoms with Crippen molar-refractivity contribution in [2.75, 3.05) is 6.61 Å². The Bertz CT molecular complexity index is 1170. The Balaban J connectivity index is 1.78. The van der Waals surface area contributed by atoms with Crippen LogP contribution in [0, 0.1) is 0 Å². The second-order valence-electron chi connectivity index (χ2n) is 7.12. The van der Waals surface area contributed by atoms with E-state index in [0.29, 0.717) is 35.8 Å². The summed E-state index contributed by atoms with van der Waals surface area (Å²) in [6, 6.07) is 7.52. The number of carbonyl (C=O) groups excluding carboxylic acids is 1. The summed E-state index contributed by atoms with van der Waals surface area (Å²) in [6.07, 6.45) is 2.47. The first-order valence-corrected chi connectivity index (χ1v) is 10.6. The molecular weight excluding hydrogens is 400 g/mol. The van der Waals surface area contributed by atoms with Gasteiger partial charge in [0, 0.05) is 13.1 Å². The molecule has 2 aromatic heterocycles. The van der Waals surface area contributed by atoms with Crippen molar-refractivity contribution in [2.45, 2.75) is 59.7 Å². The molecule has 0 atom stereocenters. The molecule has 0 amide bonds. The zero-order valence-corrected chi connectivity index (χ0v) is 18.1. The molecule has 1 N–H and O–H groups in total. The third kappa shape index (κ3) is 4.87. The smallest absolute Gasteiger partial charge is 0.344 e. The number of rotatable bonds is 10. The predicted molar refractivity (Wildman–Crippen MR) is 116 cm³/mol. The normalized spacial score (nSPS) is 11.1. The molecule has 0 radical (unpaired) electrons. The van der Waals surface area contributed by atoms with E-state index in [-0.39, 0.29) is 13.2 Å². The van der Waals surface area contributed by atoms with E-state index in [1.165, 1.54) is 4.57 Å². The first kappa shape index (κ1) is 22.3. The highest BCUT2D eigenvalue weighted by atomic mass is 16.6. The van der Waals surface area contributed by atoms with Gasteiger partial charge in [-0.3, -0.25) is 14.3 Å². The van der Waals surface area contributed by atoms with Crippen LogP contribution in [0.1, 0.15) is 45.0 Å². The van der Waals surface area contributed by atoms with E-state index in [1.807, 2.05) is 45.0 Å². The lowest BCUT2D eigenvalue weighted by Crippen LogP contribution is -2.31. The van der Waals surface area contributed by atoms with Gasteiger partial charge in [0.2, 0.25) is 0 Å². The summed E-state index contributed by atoms with van der Waals surface area (Å²) in [5.74, 6) is 0.508. The van der Waals surface area contributed by atoms with Crippen LogP contribution in [-0.2, 0) is 35.6 Å². The Morgan fingerprint density at radius 3 is 2.61 bits per heavy atom. The van der Waals surface area contributed by atoms with Gasteiger partial charge in [0.05, 0.1) is 0 Å². The number of carbonyl (C=O) groups is 1. The van der Waals surface area contributed by atoms with Crippen molar-refractivity contribution in [1.29, 1.82) is 0 Å². The number of hydrogen-bond donors (Lipinski definition) is 1. The number of aromatic amines is 1. The number of nitrogens with one attached hydrogen (secondary N) is 1. The molecule has 9 heteroatoms. The number of aryl methyl sites for hydroxylation is 3. The number of imidazole rings is 1. The molecule has 2 heterocycles. The van der Waals surface area contributed by atoms with E-state index >= 15 is 0 Å². The maximum atomic E-state index is 12.4. The van der Waals surface area contributed by atoms with Crippen molar-refractivity contribution in [3.05, 3.63) is 56.5 Å². The van der Waals surface area contributed by atoms with E-state index in [4.69, 9.17) is 9.47 Å². The highest BCUT2D eigenvalue weighted by molar-refractivity contribution is 5.72. The molecule has 0 saturated carbocycles. The summed E-state index contributed by atoms with van der Waals surface area (Å²) in [7, 11) is 0. The molecule has 3 aromatic rings. The van der Waals surface area contributed by atoms with Gasteiger partial charge in [-0.25, -0.2) is 14.6 Å². The fourth-order valence-corrected chi connectivity index (χ4v) is 3.45. The van der Waals surface area contributed by atoms with Crippen LogP contribution < -0.4 is 16.0 Å². The maximum Gasteiger partial charge on any atom is 0.344 e. The Morgan fingerprint density at radius 1 is 1.13 bits per heavy atom. The standard InChI is InChI=1S/C22H28N4O5/c1-4-7-12-26-20-19(21(28)24-22(26)29)25(6-3)17(23-20)13-31-18(27)14-30-16-11-9-8-10-15(16)5-2/h8-11H,4-7,12-14H2,1-3H3,(H,24,28,29). The molecule has 0 aliphatic rings. The first-order chi connectivity index (χ1) is 15.0. The lowest BCUT2D eigenvalue weighted by molar-refractivity contribution is -0.147. The van der Waals surface area contributed by atoms with Gasteiger partial charge < -0.3 is 14.0 Å². The van der Waals surface area contributed by atoms with E-state index < -0.39 is 17.2 Å². The van der Waals surface area contributed by atoms with Crippen molar-refractivity contribution in [3.63, 3.8) is 0 Å². The zero-order chi connectivity index (χ0) is 22.4. The zero-order valence-electron chi connectivity index (χ0n) is 18.1. The van der Waals surface area contributed by atoms with Gasteiger partial charge in [-0.2, -0.15) is 0 Å². The second-order valence-corrected chi connectivity index (χ2v) is 7.12. The second kappa shape index (κ2) is 10.1. The fourth-order valence-electron chi connectivity index (χ4n) is 3.45. The average molecular weight is 428 g/mol. The fraction of sp³-hybridized carbons (Fsp3) is 0.455. The summed E-state index contributed by atoms with van der Waals surface area (Å²) >= 11 is 0. The van der Waals surface area contributed by atoms with Crippen LogP contribution in [0.15, 0.2) is 33.9 Å². The number of H-pyrrole nitrogens is 1. The molecular formula is C22H28N4O5. The number of unbranched alkanes of at least 4 members (excludes halogenated alkanes) is 1. The lowest BCUT2D eigenvalue weighted by atomic mass is 10.1. The van der Waals surface area contributed by atoms with Gasteiger partial charge in [-0.15, -0.1) is 0 Å². The van der Waals surface area contributed by atoms with Crippen molar-refractivity contribution in [3.8, 4) is 5.75 Å². The van der Waals surface area contributed by atoms with Crippen LogP contribution in [0.4, 0.5) is 0 Å². The Hall–Kier alpha value is -3.36. The van der Waals surface area contributed by atoms with Crippen LogP contribution in [0.5, 0.6) is 5.75 Å². The first-order valence-electron chi connectivity index (χ1n) is 10.6. The SMILES string of the molecule is CCCCn1c(=O)[nH]c(=O)c2c1nc(COC(=O)COc1ccccc1CC)n2CC. The largest absolute Gasteiger partial charge is 0.482 e. The van der Waals surface area contributed by atoms with Crippen LogP contribution in [0.25, 0.3) is 11.2 Å². The molecule has 0 aliphatic carbocycles. The van der Waals surface area contributed by atoms with E-state index in [0.717, 1.165) is 24.8 Å². The molecule has 0 bridgehead atoms. The Morgan fingerprint density at radius 2 is 1.90 bits per heavy atom. The summed E-state index contributed by atoms with van der Waals surface area (Å²) in [5, 5.41) is 0. The van der Waals surface area contributed by atoms with Crippen LogP contribution in [-0.4, -0.2) is 31.7 Å². The van der Waals surface area contributed by atoms with Gasteiger partial charge in [0.1, 0.15) is 18.2 Å². The van der Waals surface area contributed by atoms with Crippen LogP contribution in [0.3, 0.4) is 0 Å². The van der Waals surface area contributed by atoms with Crippen molar-refractivity contribution in [1.82, 2.24) is 19.1 Å². The molecule has 0 fully saturated rings. The summed E-state index contributed by atoms with van der Waals surface area (Å²) in [6.45, 7) is 6.43. The molecule has 9 nitrogen and oxygen atoms in total. The van der Waals surface area contributed by atoms with Crippen molar-refractivity contribution >= 4 is 17.1 Å². The highest BCUT2D eigenvalue weighted by Gasteiger charge is 2.19. The molecule has 0 spiro atoms. The molecule has 31 heavy (non-hydrogen) atoms. The van der Waals surface area contributed by atoms with Gasteiger partial charge in [0.25, 0.3) is 5.56 Å². The van der Waals surface area contributed by atoms with E-state index in [2.05, 4.69) is 9.97 Å². The molecule has 0 aliphatic heterocycles. The molecule has 0 unspecified atom stereocenters. The molecule has 0 saturated heterocycles. The number of ether oxygens (including phenoxy) is 2. The number of fused-ring (bicyclic) bond motifs is 1. The molecule has 1 aromatic carbocycles. The predicted octanol–water partition coefficient (Wildman–Crippen LogP) is 2.39. The number of esters is 1. The van der Waals surface area contributed by atoms with E-state index in [9.17, 15) is 14.4 Å². The summed E-state index contributed by atoms with van der Waals surface area (Å²) in [5.41, 5.74) is 0.630. The molecule has 3 rings (SSSR count). The quantitative estimate of drug-likeness (QED) is 0.497. The lowest BCUT2D eigenvalue weighted by Gasteiger charge is -2.10. The van der Waals surface area contributed by atoms with Gasteiger partial charge >= 0.3 is 11.7 Å². The van der Waals surface area contributed by atoms with Crippen molar-refractivity contribution in [2.24, 2.45) is 0 Å². The monoisotopic (exact) mass is 428 g/mol. The number of para-hydroxylation sites is 1. The number of nitrogens with zero attached hydrogens (tertiary/aromatic N) is 3. The Kier molecular flexibility index (Phi) is 7.28. The third-order valence-electron chi connectivity index (χ3n) is 5.08.